The SMILES string of the molecule is C[C@@H]1CN(CCOc2ccccc2C#N)C[C@H](C)O1. The Bertz CT molecular complexity index is 446. The normalized spacial score (nSPS) is 23.8. The number of hydrogen-bond acceptors (Lipinski definition) is 4. The standard InChI is InChI=1S/C15H20N2O2/c1-12-10-17(11-13(2)19-12)7-8-18-15-6-4-3-5-14(15)9-16/h3-6,12-13H,7-8,10-11H2,1-2H3/t12-,13+. The van der Waals surface area contributed by atoms with E-state index in [0.29, 0.717) is 17.9 Å². The highest BCUT2D eigenvalue weighted by Gasteiger charge is 2.21. The van der Waals surface area contributed by atoms with E-state index in [1.54, 1.807) is 6.07 Å². The molecular weight excluding hydrogens is 240 g/mol. The van der Waals surface area contributed by atoms with E-state index in [1.165, 1.54) is 0 Å². The predicted octanol–water partition coefficient (Wildman–Crippen LogP) is 2.05. The first-order valence-corrected chi connectivity index (χ1v) is 6.69. The molecule has 1 aromatic carbocycles. The zero-order chi connectivity index (χ0) is 13.7. The van der Waals surface area contributed by atoms with E-state index in [9.17, 15) is 0 Å². The molecule has 0 N–H and O–H groups in total. The number of nitrogens with zero attached hydrogens (tertiary/aromatic N) is 2. The molecule has 1 heterocycles. The third-order valence-electron chi connectivity index (χ3n) is 3.17. The minimum absolute atomic E-state index is 0.273. The molecule has 0 spiro atoms. The zero-order valence-corrected chi connectivity index (χ0v) is 11.5. The highest BCUT2D eigenvalue weighted by Crippen LogP contribution is 2.16. The van der Waals surface area contributed by atoms with E-state index in [0.717, 1.165) is 19.6 Å². The number of para-hydroxylation sites is 1. The van der Waals surface area contributed by atoms with E-state index in [2.05, 4.69) is 24.8 Å². The third kappa shape index (κ3) is 3.95. The molecule has 0 bridgehead atoms. The van der Waals surface area contributed by atoms with Crippen molar-refractivity contribution in [3.63, 3.8) is 0 Å². The van der Waals surface area contributed by atoms with E-state index >= 15 is 0 Å². The van der Waals surface area contributed by atoms with Crippen molar-refractivity contribution in [2.24, 2.45) is 0 Å². The van der Waals surface area contributed by atoms with Gasteiger partial charge >= 0.3 is 0 Å². The van der Waals surface area contributed by atoms with E-state index < -0.39 is 0 Å². The maximum absolute atomic E-state index is 8.98. The molecule has 0 aliphatic carbocycles. The summed E-state index contributed by atoms with van der Waals surface area (Å²) in [5, 5.41) is 8.98. The van der Waals surface area contributed by atoms with Gasteiger partial charge < -0.3 is 9.47 Å². The Morgan fingerprint density at radius 2 is 2.00 bits per heavy atom. The van der Waals surface area contributed by atoms with Crippen LogP contribution in [-0.4, -0.2) is 43.3 Å². The molecule has 0 amide bonds. The molecule has 0 radical (unpaired) electrons. The smallest absolute Gasteiger partial charge is 0.137 e. The molecule has 1 fully saturated rings. The van der Waals surface area contributed by atoms with Gasteiger partial charge in [0.05, 0.1) is 17.8 Å². The van der Waals surface area contributed by atoms with Gasteiger partial charge in [0.25, 0.3) is 0 Å². The van der Waals surface area contributed by atoms with Crippen molar-refractivity contribution in [2.45, 2.75) is 26.1 Å². The lowest BCUT2D eigenvalue weighted by Crippen LogP contribution is -2.46. The van der Waals surface area contributed by atoms with E-state index in [-0.39, 0.29) is 12.2 Å². The fourth-order valence-electron chi connectivity index (χ4n) is 2.44. The predicted molar refractivity (Wildman–Crippen MR) is 73.1 cm³/mol. The summed E-state index contributed by atoms with van der Waals surface area (Å²) in [7, 11) is 0. The Morgan fingerprint density at radius 3 is 2.68 bits per heavy atom. The lowest BCUT2D eigenvalue weighted by Gasteiger charge is -2.35. The maximum atomic E-state index is 8.98. The zero-order valence-electron chi connectivity index (χ0n) is 11.5. The van der Waals surface area contributed by atoms with Crippen LogP contribution in [0.25, 0.3) is 0 Å². The topological polar surface area (TPSA) is 45.5 Å². The van der Waals surface area contributed by atoms with Crippen LogP contribution in [0.2, 0.25) is 0 Å². The first kappa shape index (κ1) is 13.9. The summed E-state index contributed by atoms with van der Waals surface area (Å²) in [4.78, 5) is 2.34. The van der Waals surface area contributed by atoms with Gasteiger partial charge in [0.15, 0.2) is 0 Å². The molecule has 102 valence electrons. The summed E-state index contributed by atoms with van der Waals surface area (Å²) < 4.78 is 11.4. The van der Waals surface area contributed by atoms with Gasteiger partial charge in [-0.3, -0.25) is 4.90 Å². The minimum Gasteiger partial charge on any atom is -0.491 e. The van der Waals surface area contributed by atoms with Crippen LogP contribution < -0.4 is 4.74 Å². The first-order valence-electron chi connectivity index (χ1n) is 6.69. The van der Waals surface area contributed by atoms with Gasteiger partial charge in [-0.2, -0.15) is 5.26 Å². The molecule has 2 rings (SSSR count). The minimum atomic E-state index is 0.273. The van der Waals surface area contributed by atoms with Gasteiger partial charge in [0, 0.05) is 19.6 Å². The maximum Gasteiger partial charge on any atom is 0.137 e. The average molecular weight is 260 g/mol. The molecule has 1 aliphatic rings. The van der Waals surface area contributed by atoms with Crippen LogP contribution in [0.4, 0.5) is 0 Å². The highest BCUT2D eigenvalue weighted by molar-refractivity contribution is 5.42. The van der Waals surface area contributed by atoms with Gasteiger partial charge in [-0.25, -0.2) is 0 Å². The number of nitriles is 1. The van der Waals surface area contributed by atoms with Crippen LogP contribution in [0.15, 0.2) is 24.3 Å². The molecule has 4 nitrogen and oxygen atoms in total. The molecule has 2 atom stereocenters. The van der Waals surface area contributed by atoms with Crippen LogP contribution in [-0.2, 0) is 4.74 Å². The van der Waals surface area contributed by atoms with Gasteiger partial charge in [-0.1, -0.05) is 12.1 Å². The van der Waals surface area contributed by atoms with E-state index in [1.807, 2.05) is 18.2 Å². The van der Waals surface area contributed by atoms with E-state index in [4.69, 9.17) is 14.7 Å². The van der Waals surface area contributed by atoms with Crippen molar-refractivity contribution in [2.75, 3.05) is 26.2 Å². The van der Waals surface area contributed by atoms with Crippen LogP contribution in [0.1, 0.15) is 19.4 Å². The van der Waals surface area contributed by atoms with Crippen molar-refractivity contribution in [1.29, 1.82) is 5.26 Å². The Morgan fingerprint density at radius 1 is 1.32 bits per heavy atom. The van der Waals surface area contributed by atoms with Gasteiger partial charge in [0.1, 0.15) is 18.4 Å². The largest absolute Gasteiger partial charge is 0.491 e. The molecule has 4 heteroatoms. The molecule has 1 saturated heterocycles. The van der Waals surface area contributed by atoms with Crippen LogP contribution >= 0.6 is 0 Å². The molecule has 0 saturated carbocycles. The second-order valence-corrected chi connectivity index (χ2v) is 4.97. The van der Waals surface area contributed by atoms with Crippen LogP contribution in [0.3, 0.4) is 0 Å². The summed E-state index contributed by atoms with van der Waals surface area (Å²) in [6.45, 7) is 7.51. The lowest BCUT2D eigenvalue weighted by atomic mass is 10.2. The molecule has 19 heavy (non-hydrogen) atoms. The number of morpholine rings is 1. The fraction of sp³-hybridized carbons (Fsp3) is 0.533. The Balaban J connectivity index is 1.82. The summed E-state index contributed by atoms with van der Waals surface area (Å²) in [5.41, 5.74) is 0.589. The first-order chi connectivity index (χ1) is 9.19. The molecule has 0 unspecified atom stereocenters. The third-order valence-corrected chi connectivity index (χ3v) is 3.17. The summed E-state index contributed by atoms with van der Waals surface area (Å²) >= 11 is 0. The van der Waals surface area contributed by atoms with Crippen molar-refractivity contribution < 1.29 is 9.47 Å². The van der Waals surface area contributed by atoms with Gasteiger partial charge in [-0.15, -0.1) is 0 Å². The number of rotatable bonds is 4. The van der Waals surface area contributed by atoms with Crippen molar-refractivity contribution in [3.05, 3.63) is 29.8 Å². The molecule has 1 aromatic rings. The van der Waals surface area contributed by atoms with Crippen molar-refractivity contribution in [1.82, 2.24) is 4.90 Å². The monoisotopic (exact) mass is 260 g/mol. The number of ether oxygens (including phenoxy) is 2. The molecule has 0 aromatic heterocycles. The number of hydrogen-bond donors (Lipinski definition) is 0. The highest BCUT2D eigenvalue weighted by atomic mass is 16.5. The average Bonchev–Trinajstić information content (AvgIpc) is 2.38. The molecular formula is C15H20N2O2. The Hall–Kier alpha value is -1.57. The van der Waals surface area contributed by atoms with Crippen LogP contribution in [0.5, 0.6) is 5.75 Å². The lowest BCUT2D eigenvalue weighted by molar-refractivity contribution is -0.0699. The second-order valence-electron chi connectivity index (χ2n) is 4.97. The van der Waals surface area contributed by atoms with Crippen LogP contribution in [0, 0.1) is 11.3 Å². The quantitative estimate of drug-likeness (QED) is 0.831. The van der Waals surface area contributed by atoms with Gasteiger partial charge in [0.2, 0.25) is 0 Å². The molecule has 1 aliphatic heterocycles. The fourth-order valence-corrected chi connectivity index (χ4v) is 2.44. The van der Waals surface area contributed by atoms with Crippen molar-refractivity contribution in [3.8, 4) is 11.8 Å². The Labute approximate surface area is 114 Å². The summed E-state index contributed by atoms with van der Waals surface area (Å²) in [6, 6.07) is 9.48. The Kier molecular flexibility index (Phi) is 4.78. The van der Waals surface area contributed by atoms with Crippen molar-refractivity contribution >= 4 is 0 Å². The number of benzene rings is 1. The second kappa shape index (κ2) is 6.55. The summed E-state index contributed by atoms with van der Waals surface area (Å²) in [5.74, 6) is 0.666. The summed E-state index contributed by atoms with van der Waals surface area (Å²) in [6.07, 6.45) is 0.547. The van der Waals surface area contributed by atoms with Gasteiger partial charge in [-0.05, 0) is 26.0 Å².